The largest absolute Gasteiger partial charge is 0.481 e. The van der Waals surface area contributed by atoms with E-state index in [4.69, 9.17) is 47.8 Å². The lowest BCUT2D eigenvalue weighted by Crippen LogP contribution is -2.33. The number of carbonyl (C=O) groups is 4. The van der Waals surface area contributed by atoms with Gasteiger partial charge in [-0.2, -0.15) is 0 Å². The van der Waals surface area contributed by atoms with Crippen LogP contribution in [0.1, 0.15) is 6.42 Å². The Morgan fingerprint density at radius 3 is 0.957 bits per heavy atom. The van der Waals surface area contributed by atoms with Crippen LogP contribution in [0.4, 0.5) is 0 Å². The van der Waals surface area contributed by atoms with Gasteiger partial charge in [0.2, 0.25) is 0 Å². The fourth-order valence-electron chi connectivity index (χ4n) is 0.432. The van der Waals surface area contributed by atoms with Gasteiger partial charge in [0, 0.05) is 0 Å². The molecule has 13 nitrogen and oxygen atoms in total. The predicted octanol–water partition coefficient (Wildman–Crippen LogP) is -4.35. The Morgan fingerprint density at radius 2 is 0.913 bits per heavy atom. The number of hydrogen-bond donors (Lipinski definition) is 9. The van der Waals surface area contributed by atoms with Crippen LogP contribution in [0.2, 0.25) is 0 Å². The molecule has 0 radical (unpaired) electrons. The Hall–Kier alpha value is -2.32. The summed E-state index contributed by atoms with van der Waals surface area (Å²) in [5, 5.41) is 47.8. The van der Waals surface area contributed by atoms with Gasteiger partial charge in [-0.1, -0.05) is 0 Å². The van der Waals surface area contributed by atoms with Gasteiger partial charge < -0.3 is 47.8 Å². The lowest BCUT2D eigenvalue weighted by Gasteiger charge is -1.99. The van der Waals surface area contributed by atoms with E-state index in [1.54, 1.807) is 0 Å². The number of carboxylic acids is 4. The van der Waals surface area contributed by atoms with Crippen molar-refractivity contribution < 1.29 is 49.8 Å². The van der Waals surface area contributed by atoms with Gasteiger partial charge in [-0.25, -0.2) is 0 Å². The van der Waals surface area contributed by atoms with E-state index < -0.39 is 61.6 Å². The second kappa shape index (κ2) is 14.6. The van der Waals surface area contributed by atoms with Gasteiger partial charge in [0.25, 0.3) is 0 Å². The Morgan fingerprint density at radius 1 is 0.652 bits per heavy atom. The monoisotopic (exact) mass is 343 g/mol. The minimum Gasteiger partial charge on any atom is -0.481 e. The maximum Gasteiger partial charge on any atom is 0.322 e. The van der Waals surface area contributed by atoms with Crippen LogP contribution in [-0.2, 0) is 19.2 Å². The molecular formula is C10H21N3O10. The van der Waals surface area contributed by atoms with Crippen molar-refractivity contribution in [1.82, 2.24) is 0 Å². The Balaban J connectivity index is -0.000000264. The molecule has 0 saturated heterocycles. The van der Waals surface area contributed by atoms with Gasteiger partial charge in [-0.3, -0.25) is 19.2 Å². The van der Waals surface area contributed by atoms with E-state index in [0.29, 0.717) is 0 Å². The van der Waals surface area contributed by atoms with Crippen LogP contribution in [0.3, 0.4) is 0 Å². The highest BCUT2D eigenvalue weighted by molar-refractivity contribution is 5.80. The lowest BCUT2D eigenvalue weighted by atomic mass is 10.2. The lowest BCUT2D eigenvalue weighted by molar-refractivity contribution is -0.144. The summed E-state index contributed by atoms with van der Waals surface area (Å²) in [6.45, 7) is -1.01. The quantitative estimate of drug-likeness (QED) is 0.212. The molecule has 0 aliphatic rings. The average molecular weight is 343 g/mol. The summed E-state index contributed by atoms with van der Waals surface area (Å²) in [4.78, 5) is 38.9. The second-order valence-electron chi connectivity index (χ2n) is 3.80. The molecule has 0 aromatic rings. The summed E-state index contributed by atoms with van der Waals surface area (Å²) in [5.74, 6) is -4.85. The average Bonchev–Trinajstić information content (AvgIpc) is 2.45. The molecule has 23 heavy (non-hydrogen) atoms. The summed E-state index contributed by atoms with van der Waals surface area (Å²) in [6.07, 6.45) is -0.532. The fraction of sp³-hybridized carbons (Fsp3) is 0.600. The van der Waals surface area contributed by atoms with Crippen molar-refractivity contribution in [2.75, 3.05) is 13.2 Å². The van der Waals surface area contributed by atoms with Crippen molar-refractivity contribution in [1.29, 1.82) is 0 Å². The molecule has 13 heteroatoms. The SMILES string of the molecule is N[C@@H](CC(=O)O)C(=O)O.N[C@@H](CO)C(=O)O.N[C@@H](CO)C(=O)O. The van der Waals surface area contributed by atoms with Gasteiger partial charge in [0.15, 0.2) is 0 Å². The van der Waals surface area contributed by atoms with Crippen LogP contribution in [0.5, 0.6) is 0 Å². The fourth-order valence-corrected chi connectivity index (χ4v) is 0.432. The number of carboxylic acid groups (broad SMARTS) is 4. The number of aliphatic carboxylic acids is 4. The number of rotatable bonds is 7. The van der Waals surface area contributed by atoms with E-state index in [1.807, 2.05) is 0 Å². The molecule has 0 heterocycles. The molecule has 0 saturated carbocycles. The van der Waals surface area contributed by atoms with Gasteiger partial charge in [0.05, 0.1) is 19.6 Å². The normalized spacial score (nSPS) is 13.1. The van der Waals surface area contributed by atoms with Crippen LogP contribution in [0.25, 0.3) is 0 Å². The van der Waals surface area contributed by atoms with Crippen LogP contribution in [0.15, 0.2) is 0 Å². The van der Waals surface area contributed by atoms with Crippen LogP contribution in [-0.4, -0.2) is 85.9 Å². The molecule has 0 fully saturated rings. The molecule has 0 bridgehead atoms. The van der Waals surface area contributed by atoms with E-state index in [-0.39, 0.29) is 0 Å². The van der Waals surface area contributed by atoms with Crippen molar-refractivity contribution in [2.45, 2.75) is 24.5 Å². The first-order chi connectivity index (χ1) is 10.4. The van der Waals surface area contributed by atoms with Crippen molar-refractivity contribution in [3.8, 4) is 0 Å². The minimum absolute atomic E-state index is 0.505. The van der Waals surface area contributed by atoms with Gasteiger partial charge in [-0.15, -0.1) is 0 Å². The third kappa shape index (κ3) is 19.7. The highest BCUT2D eigenvalue weighted by Crippen LogP contribution is 1.86. The van der Waals surface area contributed by atoms with Crippen molar-refractivity contribution in [3.63, 3.8) is 0 Å². The first-order valence-corrected chi connectivity index (χ1v) is 5.79. The summed E-state index contributed by atoms with van der Waals surface area (Å²) < 4.78 is 0. The van der Waals surface area contributed by atoms with Gasteiger partial charge in [-0.05, 0) is 0 Å². The number of hydrogen-bond acceptors (Lipinski definition) is 9. The number of aliphatic hydroxyl groups is 2. The topological polar surface area (TPSA) is 268 Å². The molecule has 12 N–H and O–H groups in total. The first-order valence-electron chi connectivity index (χ1n) is 5.79. The molecule has 0 unspecified atom stereocenters. The molecule has 0 amide bonds. The highest BCUT2D eigenvalue weighted by atomic mass is 16.4. The van der Waals surface area contributed by atoms with Crippen molar-refractivity contribution >= 4 is 23.9 Å². The zero-order valence-electron chi connectivity index (χ0n) is 11.9. The predicted molar refractivity (Wildman–Crippen MR) is 73.3 cm³/mol. The highest BCUT2D eigenvalue weighted by Gasteiger charge is 2.14. The summed E-state index contributed by atoms with van der Waals surface area (Å²) in [5.41, 5.74) is 14.4. The van der Waals surface area contributed by atoms with Crippen molar-refractivity contribution in [3.05, 3.63) is 0 Å². The summed E-state index contributed by atoms with van der Waals surface area (Å²) >= 11 is 0. The standard InChI is InChI=1S/C4H7NO4.2C3H7NO3/c5-2(4(8)9)1-3(6)7;2*4-2(1-5)3(6)7/h2H,1,5H2,(H,6,7)(H,8,9);2*2,5H,1,4H2,(H,6,7)/t3*2-/m000/s1. The second-order valence-corrected chi connectivity index (χ2v) is 3.80. The smallest absolute Gasteiger partial charge is 0.322 e. The van der Waals surface area contributed by atoms with E-state index in [9.17, 15) is 19.2 Å². The molecule has 3 atom stereocenters. The van der Waals surface area contributed by atoms with Crippen molar-refractivity contribution in [2.24, 2.45) is 17.2 Å². The third-order valence-electron chi connectivity index (χ3n) is 1.74. The van der Waals surface area contributed by atoms with Gasteiger partial charge >= 0.3 is 23.9 Å². The maximum atomic E-state index is 9.85. The minimum atomic E-state index is -1.29. The van der Waals surface area contributed by atoms with E-state index >= 15 is 0 Å². The van der Waals surface area contributed by atoms with Gasteiger partial charge in [0.1, 0.15) is 18.1 Å². The van der Waals surface area contributed by atoms with E-state index in [0.717, 1.165) is 0 Å². The van der Waals surface area contributed by atoms with Crippen LogP contribution < -0.4 is 17.2 Å². The van der Waals surface area contributed by atoms with E-state index in [2.05, 4.69) is 0 Å². The summed E-state index contributed by atoms with van der Waals surface area (Å²) in [7, 11) is 0. The van der Waals surface area contributed by atoms with Crippen LogP contribution >= 0.6 is 0 Å². The maximum absolute atomic E-state index is 9.85. The molecule has 0 aliphatic carbocycles. The molecule has 0 aromatic heterocycles. The Labute approximate surface area is 129 Å². The Kier molecular flexibility index (Phi) is 16.3. The molecule has 0 rings (SSSR count). The molecule has 136 valence electrons. The zero-order chi connectivity index (χ0) is 19.2. The third-order valence-corrected chi connectivity index (χ3v) is 1.74. The number of aliphatic hydroxyl groups excluding tert-OH is 2. The Bertz CT molecular complexity index is 369. The first kappa shape index (κ1) is 25.6. The molecule has 0 aliphatic heterocycles. The summed E-state index contributed by atoms with van der Waals surface area (Å²) in [6, 6.07) is -3.54. The van der Waals surface area contributed by atoms with Crippen LogP contribution in [0, 0.1) is 0 Å². The molecule has 0 aromatic carbocycles. The zero-order valence-corrected chi connectivity index (χ0v) is 11.9. The molecule has 0 spiro atoms. The van der Waals surface area contributed by atoms with E-state index in [1.165, 1.54) is 0 Å². The number of nitrogens with two attached hydrogens (primary N) is 3. The molecular weight excluding hydrogens is 322 g/mol.